The zero-order valence-corrected chi connectivity index (χ0v) is 14.2. The molecule has 1 aromatic carbocycles. The summed E-state index contributed by atoms with van der Waals surface area (Å²) >= 11 is 3.45. The lowest BCUT2D eigenvalue weighted by Crippen LogP contribution is -2.53. The van der Waals surface area contributed by atoms with Gasteiger partial charge in [-0.1, -0.05) is 60.7 Å². The van der Waals surface area contributed by atoms with Gasteiger partial charge in [-0.25, -0.2) is 4.79 Å². The summed E-state index contributed by atoms with van der Waals surface area (Å²) in [5.74, 6) is -0.785. The predicted octanol–water partition coefficient (Wildman–Crippen LogP) is 4.45. The fourth-order valence-electron chi connectivity index (χ4n) is 3.25. The van der Waals surface area contributed by atoms with Gasteiger partial charge < -0.3 is 5.11 Å². The van der Waals surface area contributed by atoms with Crippen molar-refractivity contribution in [2.75, 3.05) is 0 Å². The lowest BCUT2D eigenvalue weighted by Gasteiger charge is -2.34. The van der Waals surface area contributed by atoms with Crippen LogP contribution in [0, 0.1) is 0 Å². The molecule has 3 nitrogen and oxygen atoms in total. The molecule has 0 saturated heterocycles. The Morgan fingerprint density at radius 1 is 1.33 bits per heavy atom. The molecule has 0 bridgehead atoms. The summed E-state index contributed by atoms with van der Waals surface area (Å²) in [6.07, 6.45) is 7.59. The maximum absolute atomic E-state index is 12.0. The van der Waals surface area contributed by atoms with Gasteiger partial charge in [0.05, 0.1) is 0 Å². The van der Waals surface area contributed by atoms with E-state index in [2.05, 4.69) is 21.2 Å². The van der Waals surface area contributed by atoms with Crippen molar-refractivity contribution in [2.45, 2.75) is 63.5 Å². The molecule has 0 amide bonds. The van der Waals surface area contributed by atoms with E-state index in [1.165, 1.54) is 25.7 Å². The monoisotopic (exact) mass is 353 g/mol. The van der Waals surface area contributed by atoms with Gasteiger partial charge in [-0.15, -0.1) is 0 Å². The number of benzene rings is 1. The average Bonchev–Trinajstić information content (AvgIpc) is 2.73. The molecule has 0 spiro atoms. The Bertz CT molecular complexity index is 483. The maximum atomic E-state index is 12.0. The van der Waals surface area contributed by atoms with E-state index in [9.17, 15) is 9.90 Å². The van der Waals surface area contributed by atoms with Crippen molar-refractivity contribution in [3.8, 4) is 0 Å². The lowest BCUT2D eigenvalue weighted by atomic mass is 9.85. The van der Waals surface area contributed by atoms with Crippen molar-refractivity contribution in [3.05, 3.63) is 34.3 Å². The van der Waals surface area contributed by atoms with Crippen molar-refractivity contribution < 1.29 is 9.90 Å². The first-order valence-electron chi connectivity index (χ1n) is 7.85. The van der Waals surface area contributed by atoms with E-state index in [4.69, 9.17) is 0 Å². The number of carbonyl (C=O) groups is 1. The third-order valence-corrected chi connectivity index (χ3v) is 5.01. The van der Waals surface area contributed by atoms with Crippen LogP contribution >= 0.6 is 15.9 Å². The fraction of sp³-hybridized carbons (Fsp3) is 0.588. The van der Waals surface area contributed by atoms with Gasteiger partial charge in [0.15, 0.2) is 0 Å². The van der Waals surface area contributed by atoms with Gasteiger partial charge in [-0.3, -0.25) is 5.32 Å². The Labute approximate surface area is 135 Å². The van der Waals surface area contributed by atoms with Crippen LogP contribution in [0.1, 0.15) is 57.4 Å². The van der Waals surface area contributed by atoms with Crippen LogP contribution in [0.4, 0.5) is 0 Å². The second-order valence-electron chi connectivity index (χ2n) is 5.91. The number of nitrogens with one attached hydrogen (secondary N) is 1. The number of rotatable bonds is 5. The SMILES string of the molecule is CCC(NC1CCCCCC1)(C(=O)O)c1cccc(Br)c1. The summed E-state index contributed by atoms with van der Waals surface area (Å²) in [5.41, 5.74) is -0.158. The second-order valence-corrected chi connectivity index (χ2v) is 6.82. The Kier molecular flexibility index (Phi) is 5.82. The topological polar surface area (TPSA) is 49.3 Å². The molecule has 0 aliphatic heterocycles. The number of carboxylic acids is 1. The van der Waals surface area contributed by atoms with Crippen LogP contribution in [0.25, 0.3) is 0 Å². The second kappa shape index (κ2) is 7.41. The molecule has 1 saturated carbocycles. The molecule has 1 aliphatic carbocycles. The van der Waals surface area contributed by atoms with Crippen LogP contribution in [0.2, 0.25) is 0 Å². The van der Waals surface area contributed by atoms with Gasteiger partial charge in [0, 0.05) is 10.5 Å². The van der Waals surface area contributed by atoms with E-state index < -0.39 is 11.5 Å². The van der Waals surface area contributed by atoms with Crippen molar-refractivity contribution in [2.24, 2.45) is 0 Å². The maximum Gasteiger partial charge on any atom is 0.328 e. The fourth-order valence-corrected chi connectivity index (χ4v) is 3.65. The largest absolute Gasteiger partial charge is 0.480 e. The molecular weight excluding hydrogens is 330 g/mol. The first-order chi connectivity index (χ1) is 10.1. The molecule has 0 aromatic heterocycles. The highest BCUT2D eigenvalue weighted by atomic mass is 79.9. The highest BCUT2D eigenvalue weighted by molar-refractivity contribution is 9.10. The van der Waals surface area contributed by atoms with E-state index in [-0.39, 0.29) is 0 Å². The van der Waals surface area contributed by atoms with Crippen molar-refractivity contribution in [1.82, 2.24) is 5.32 Å². The van der Waals surface area contributed by atoms with Crippen LogP contribution < -0.4 is 5.32 Å². The van der Waals surface area contributed by atoms with E-state index in [1.807, 2.05) is 31.2 Å². The minimum Gasteiger partial charge on any atom is -0.480 e. The standard InChI is InChI=1S/C17H24BrNO2/c1-2-17(16(20)21,13-8-7-9-14(18)12-13)19-15-10-5-3-4-6-11-15/h7-9,12,15,19H,2-6,10-11H2,1H3,(H,20,21). The molecule has 116 valence electrons. The smallest absolute Gasteiger partial charge is 0.328 e. The van der Waals surface area contributed by atoms with Crippen LogP contribution in [0.5, 0.6) is 0 Å². The van der Waals surface area contributed by atoms with Crippen LogP contribution in [-0.2, 0) is 10.3 Å². The van der Waals surface area contributed by atoms with Gasteiger partial charge in [0.1, 0.15) is 5.54 Å². The summed E-state index contributed by atoms with van der Waals surface area (Å²) < 4.78 is 0.918. The molecule has 1 fully saturated rings. The zero-order valence-electron chi connectivity index (χ0n) is 12.6. The van der Waals surface area contributed by atoms with Crippen molar-refractivity contribution >= 4 is 21.9 Å². The molecule has 1 aromatic rings. The van der Waals surface area contributed by atoms with Crippen molar-refractivity contribution in [1.29, 1.82) is 0 Å². The molecule has 21 heavy (non-hydrogen) atoms. The summed E-state index contributed by atoms with van der Waals surface area (Å²) in [6, 6.07) is 7.95. The average molecular weight is 354 g/mol. The summed E-state index contributed by atoms with van der Waals surface area (Å²) in [5, 5.41) is 13.4. The molecule has 0 heterocycles. The lowest BCUT2D eigenvalue weighted by molar-refractivity contribution is -0.146. The molecule has 2 rings (SSSR count). The van der Waals surface area contributed by atoms with Gasteiger partial charge in [0.2, 0.25) is 0 Å². The zero-order chi connectivity index (χ0) is 15.3. The normalized spacial score (nSPS) is 19.7. The van der Waals surface area contributed by atoms with E-state index in [0.717, 1.165) is 22.9 Å². The minimum absolute atomic E-state index is 0.294. The molecule has 1 atom stereocenters. The van der Waals surface area contributed by atoms with Crippen molar-refractivity contribution in [3.63, 3.8) is 0 Å². The molecule has 0 radical (unpaired) electrons. The highest BCUT2D eigenvalue weighted by Crippen LogP contribution is 2.30. The first-order valence-corrected chi connectivity index (χ1v) is 8.65. The summed E-state index contributed by atoms with van der Waals surface area (Å²) in [6.45, 7) is 1.94. The Morgan fingerprint density at radius 2 is 2.00 bits per heavy atom. The summed E-state index contributed by atoms with van der Waals surface area (Å²) in [4.78, 5) is 12.0. The van der Waals surface area contributed by atoms with E-state index in [1.54, 1.807) is 0 Å². The molecular formula is C17H24BrNO2. The van der Waals surface area contributed by atoms with Gasteiger partial charge >= 0.3 is 5.97 Å². The number of hydrogen-bond donors (Lipinski definition) is 2. The third kappa shape index (κ3) is 3.86. The summed E-state index contributed by atoms with van der Waals surface area (Å²) in [7, 11) is 0. The Hall–Kier alpha value is -0.870. The molecule has 4 heteroatoms. The quantitative estimate of drug-likeness (QED) is 0.768. The van der Waals surface area contributed by atoms with Gasteiger partial charge in [-0.2, -0.15) is 0 Å². The number of aliphatic carboxylic acids is 1. The molecule has 1 unspecified atom stereocenters. The minimum atomic E-state index is -0.987. The van der Waals surface area contributed by atoms with Crippen LogP contribution in [-0.4, -0.2) is 17.1 Å². The van der Waals surface area contributed by atoms with E-state index >= 15 is 0 Å². The Balaban J connectivity index is 2.30. The number of carboxylic acid groups (broad SMARTS) is 1. The molecule has 1 aliphatic rings. The number of hydrogen-bond acceptors (Lipinski definition) is 2. The van der Waals surface area contributed by atoms with E-state index in [0.29, 0.717) is 12.5 Å². The van der Waals surface area contributed by atoms with Gasteiger partial charge in [-0.05, 0) is 37.0 Å². The van der Waals surface area contributed by atoms with Gasteiger partial charge in [0.25, 0.3) is 0 Å². The van der Waals surface area contributed by atoms with Crippen LogP contribution in [0.15, 0.2) is 28.7 Å². The molecule has 2 N–H and O–H groups in total. The highest BCUT2D eigenvalue weighted by Gasteiger charge is 2.40. The third-order valence-electron chi connectivity index (χ3n) is 4.52. The number of halogens is 1. The van der Waals surface area contributed by atoms with Crippen LogP contribution in [0.3, 0.4) is 0 Å². The predicted molar refractivity (Wildman–Crippen MR) is 88.4 cm³/mol. The first kappa shape index (κ1) is 16.5. The Morgan fingerprint density at radius 3 is 2.52 bits per heavy atom.